The molecule has 0 aliphatic carbocycles. The van der Waals surface area contributed by atoms with Crippen molar-refractivity contribution in [2.75, 3.05) is 0 Å². The van der Waals surface area contributed by atoms with Gasteiger partial charge >= 0.3 is 12.3 Å². The molecule has 4 aromatic carbocycles. The van der Waals surface area contributed by atoms with Gasteiger partial charge in [-0.2, -0.15) is 22.0 Å². The Balaban J connectivity index is 1.75. The first-order valence-corrected chi connectivity index (χ1v) is 10.1. The summed E-state index contributed by atoms with van der Waals surface area (Å²) in [5, 5.41) is -0.804. The van der Waals surface area contributed by atoms with E-state index in [4.69, 9.17) is 11.6 Å². The highest BCUT2D eigenvalue weighted by Crippen LogP contribution is 2.42. The maximum Gasteiger partial charge on any atom is 0.458 e. The molecule has 0 radical (unpaired) electrons. The van der Waals surface area contributed by atoms with Crippen LogP contribution in [0.3, 0.4) is 0 Å². The van der Waals surface area contributed by atoms with E-state index in [0.717, 1.165) is 35.7 Å². The molecule has 0 fully saturated rings. The van der Waals surface area contributed by atoms with Crippen LogP contribution in [0.25, 0.3) is 21.5 Å². The van der Waals surface area contributed by atoms with Crippen LogP contribution in [0.2, 0.25) is 5.02 Å². The van der Waals surface area contributed by atoms with Crippen LogP contribution in [0, 0.1) is 36.2 Å². The Kier molecular flexibility index (Phi) is 6.05. The Labute approximate surface area is 197 Å². The lowest BCUT2D eigenvalue weighted by Crippen LogP contribution is -2.24. The van der Waals surface area contributed by atoms with Gasteiger partial charge in [-0.15, -0.1) is 0 Å². The van der Waals surface area contributed by atoms with Crippen LogP contribution >= 0.6 is 11.6 Å². The van der Waals surface area contributed by atoms with Crippen LogP contribution < -0.4 is 4.74 Å². The molecule has 0 bridgehead atoms. The topological polar surface area (TPSA) is 9.23 Å². The zero-order valence-electron chi connectivity index (χ0n) is 17.4. The van der Waals surface area contributed by atoms with Crippen molar-refractivity contribution < 1.29 is 39.9 Å². The van der Waals surface area contributed by atoms with E-state index in [9.17, 15) is 35.1 Å². The van der Waals surface area contributed by atoms with Crippen molar-refractivity contribution in [1.29, 1.82) is 0 Å². The van der Waals surface area contributed by atoms with E-state index in [1.165, 1.54) is 12.0 Å². The minimum atomic E-state index is -4.98. The summed E-state index contributed by atoms with van der Waals surface area (Å²) in [5.41, 5.74) is -1.60. The SMILES string of the molecule is Cc1ccc2c(Cl)c(C(F)(F)Oc3ccc4c(F)c(C#CC(F)(F)F)c(F)cc4c3)c(F)cc2c1. The zero-order chi connectivity index (χ0) is 25.7. The molecule has 0 N–H and O–H groups in total. The molecule has 180 valence electrons. The molecule has 10 heteroatoms. The molecule has 0 saturated carbocycles. The number of aryl methyl sites for hydroxylation is 1. The van der Waals surface area contributed by atoms with Gasteiger partial charge in [0.1, 0.15) is 28.8 Å². The van der Waals surface area contributed by atoms with E-state index in [-0.39, 0.29) is 16.2 Å². The van der Waals surface area contributed by atoms with Gasteiger partial charge in [0.2, 0.25) is 0 Å². The zero-order valence-corrected chi connectivity index (χ0v) is 18.2. The fourth-order valence-corrected chi connectivity index (χ4v) is 3.91. The molecule has 0 aliphatic rings. The summed E-state index contributed by atoms with van der Waals surface area (Å²) >= 11 is 6.07. The fourth-order valence-electron chi connectivity index (χ4n) is 3.54. The van der Waals surface area contributed by atoms with Crippen molar-refractivity contribution in [2.45, 2.75) is 19.2 Å². The van der Waals surface area contributed by atoms with Gasteiger partial charge in [-0.1, -0.05) is 41.3 Å². The summed E-state index contributed by atoms with van der Waals surface area (Å²) in [6.45, 7) is 1.73. The molecule has 0 unspecified atom stereocenters. The van der Waals surface area contributed by atoms with Crippen LogP contribution in [0.1, 0.15) is 16.7 Å². The monoisotopic (exact) mass is 514 g/mol. The molecule has 4 rings (SSSR count). The Morgan fingerprint density at radius 3 is 2.11 bits per heavy atom. The van der Waals surface area contributed by atoms with Crippen molar-refractivity contribution >= 4 is 33.1 Å². The van der Waals surface area contributed by atoms with Crippen LogP contribution in [-0.2, 0) is 6.11 Å². The van der Waals surface area contributed by atoms with E-state index in [0.29, 0.717) is 11.5 Å². The van der Waals surface area contributed by atoms with Gasteiger partial charge in [-0.3, -0.25) is 0 Å². The Morgan fingerprint density at radius 1 is 0.800 bits per heavy atom. The van der Waals surface area contributed by atoms with Gasteiger partial charge in [0, 0.05) is 16.7 Å². The largest absolute Gasteiger partial charge is 0.458 e. The lowest BCUT2D eigenvalue weighted by molar-refractivity contribution is -0.187. The number of benzene rings is 4. The fraction of sp³-hybridized carbons (Fsp3) is 0.120. The highest BCUT2D eigenvalue weighted by Gasteiger charge is 2.41. The number of rotatable bonds is 3. The minimum Gasteiger partial charge on any atom is -0.429 e. The van der Waals surface area contributed by atoms with Crippen LogP contribution in [0.15, 0.2) is 48.5 Å². The van der Waals surface area contributed by atoms with Gasteiger partial charge in [0.15, 0.2) is 0 Å². The van der Waals surface area contributed by atoms with Gasteiger partial charge in [0.25, 0.3) is 0 Å². The number of ether oxygens (including phenoxy) is 1. The first-order chi connectivity index (χ1) is 16.3. The summed E-state index contributed by atoms with van der Waals surface area (Å²) in [4.78, 5) is 0. The number of fused-ring (bicyclic) bond motifs is 2. The first kappa shape index (κ1) is 24.6. The predicted molar refractivity (Wildman–Crippen MR) is 115 cm³/mol. The van der Waals surface area contributed by atoms with Crippen molar-refractivity contribution in [3.05, 3.63) is 87.7 Å². The summed E-state index contributed by atoms with van der Waals surface area (Å²) in [6, 6.07) is 8.72. The van der Waals surface area contributed by atoms with Crippen LogP contribution in [-0.4, -0.2) is 6.18 Å². The Bertz CT molecular complexity index is 1550. The number of hydrogen-bond acceptors (Lipinski definition) is 1. The molecule has 0 amide bonds. The summed E-state index contributed by atoms with van der Waals surface area (Å²) in [5.74, 6) is -2.62. The molecule has 0 heterocycles. The number of alkyl halides is 5. The number of hydrogen-bond donors (Lipinski definition) is 0. The van der Waals surface area contributed by atoms with Gasteiger partial charge in [0.05, 0.1) is 10.6 Å². The molecule has 4 aromatic rings. The van der Waals surface area contributed by atoms with Crippen molar-refractivity contribution in [3.63, 3.8) is 0 Å². The molecule has 0 saturated heterocycles. The third-order valence-electron chi connectivity index (χ3n) is 5.05. The van der Waals surface area contributed by atoms with E-state index < -0.39 is 51.6 Å². The van der Waals surface area contributed by atoms with Gasteiger partial charge < -0.3 is 4.74 Å². The minimum absolute atomic E-state index is 0.159. The lowest BCUT2D eigenvalue weighted by Gasteiger charge is -2.21. The third kappa shape index (κ3) is 4.84. The van der Waals surface area contributed by atoms with Crippen molar-refractivity contribution in [1.82, 2.24) is 0 Å². The van der Waals surface area contributed by atoms with Gasteiger partial charge in [-0.25, -0.2) is 13.2 Å². The lowest BCUT2D eigenvalue weighted by atomic mass is 10.0. The maximum absolute atomic E-state index is 15.0. The molecule has 35 heavy (non-hydrogen) atoms. The Hall–Kier alpha value is -3.51. The van der Waals surface area contributed by atoms with E-state index in [2.05, 4.69) is 4.74 Å². The highest BCUT2D eigenvalue weighted by atomic mass is 35.5. The van der Waals surface area contributed by atoms with Gasteiger partial charge in [-0.05, 0) is 48.0 Å². The maximum atomic E-state index is 15.0. The van der Waals surface area contributed by atoms with Crippen LogP contribution in [0.4, 0.5) is 35.1 Å². The molecule has 0 spiro atoms. The summed E-state index contributed by atoms with van der Waals surface area (Å²) in [7, 11) is 0. The second-order valence-electron chi connectivity index (χ2n) is 7.57. The van der Waals surface area contributed by atoms with Crippen molar-refractivity contribution in [3.8, 4) is 17.6 Å². The molecular weight excluding hydrogens is 504 g/mol. The predicted octanol–water partition coefficient (Wildman–Crippen LogP) is 8.41. The Morgan fingerprint density at radius 2 is 1.43 bits per heavy atom. The average molecular weight is 515 g/mol. The summed E-state index contributed by atoms with van der Waals surface area (Å²) in [6.07, 6.45) is -9.27. The van der Waals surface area contributed by atoms with Crippen LogP contribution in [0.5, 0.6) is 5.75 Å². The normalized spacial score (nSPS) is 12.1. The van der Waals surface area contributed by atoms with E-state index >= 15 is 0 Å². The third-order valence-corrected chi connectivity index (χ3v) is 5.44. The highest BCUT2D eigenvalue weighted by molar-refractivity contribution is 6.36. The number of halogens is 9. The molecule has 1 nitrogen and oxygen atoms in total. The molecule has 0 aromatic heterocycles. The first-order valence-electron chi connectivity index (χ1n) is 9.74. The second-order valence-corrected chi connectivity index (χ2v) is 7.95. The van der Waals surface area contributed by atoms with E-state index in [1.54, 1.807) is 19.1 Å². The standard InChI is InChI=1S/C25H11ClF8O/c1-12-2-4-16-13(8-12)11-20(28)21(22(16)26)25(33,34)35-15-3-5-17-14(9-15)10-19(27)18(23(17)29)6-7-24(30,31)32/h2-5,8-11H,1H3. The average Bonchev–Trinajstić information content (AvgIpc) is 2.71. The van der Waals surface area contributed by atoms with E-state index in [1.807, 2.05) is 0 Å². The molecular formula is C25H11ClF8O. The van der Waals surface area contributed by atoms with Crippen molar-refractivity contribution in [2.24, 2.45) is 0 Å². The quantitative estimate of drug-likeness (QED) is 0.197. The summed E-state index contributed by atoms with van der Waals surface area (Å²) < 4.78 is 115. The second kappa shape index (κ2) is 8.61. The molecule has 0 aliphatic heterocycles. The molecule has 0 atom stereocenters. The smallest absolute Gasteiger partial charge is 0.429 e.